The molecule has 1 atom stereocenters. The molecule has 0 amide bonds. The van der Waals surface area contributed by atoms with Gasteiger partial charge < -0.3 is 4.42 Å². The summed E-state index contributed by atoms with van der Waals surface area (Å²) in [5, 5.41) is 14.8. The molecule has 1 fully saturated rings. The van der Waals surface area contributed by atoms with Crippen molar-refractivity contribution < 1.29 is 4.42 Å². The fourth-order valence-electron chi connectivity index (χ4n) is 3.43. The third kappa shape index (κ3) is 2.89. The first kappa shape index (κ1) is 15.5. The Kier molecular flexibility index (Phi) is 4.20. The summed E-state index contributed by atoms with van der Waals surface area (Å²) in [5.41, 5.74) is 1.33. The van der Waals surface area contributed by atoms with E-state index in [2.05, 4.69) is 33.2 Å². The monoisotopic (exact) mass is 343 g/mol. The van der Waals surface area contributed by atoms with Crippen LogP contribution in [0.15, 0.2) is 34.2 Å². The van der Waals surface area contributed by atoms with Crippen LogP contribution in [0.5, 0.6) is 0 Å². The summed E-state index contributed by atoms with van der Waals surface area (Å²) < 4.78 is 7.89. The van der Waals surface area contributed by atoms with Gasteiger partial charge in [-0.3, -0.25) is 9.58 Å². The molecular weight excluding hydrogens is 322 g/mol. The third-order valence-corrected chi connectivity index (χ3v) is 5.74. The van der Waals surface area contributed by atoms with Crippen LogP contribution in [-0.4, -0.2) is 38.0 Å². The van der Waals surface area contributed by atoms with Gasteiger partial charge in [0.05, 0.1) is 10.9 Å². The summed E-state index contributed by atoms with van der Waals surface area (Å²) >= 11 is 1.62. The number of nitrogens with zero attached hydrogens (tertiary/aromatic N) is 5. The minimum Gasteiger partial charge on any atom is -0.418 e. The highest BCUT2D eigenvalue weighted by molar-refractivity contribution is 7.13. The first-order valence-electron chi connectivity index (χ1n) is 8.31. The van der Waals surface area contributed by atoms with Crippen LogP contribution in [0.1, 0.15) is 43.3 Å². The molecule has 0 radical (unpaired) electrons. The van der Waals surface area contributed by atoms with Crippen molar-refractivity contribution in [2.45, 2.75) is 31.7 Å². The van der Waals surface area contributed by atoms with Crippen LogP contribution in [0.3, 0.4) is 0 Å². The molecule has 0 bridgehead atoms. The Labute approximate surface area is 145 Å². The van der Waals surface area contributed by atoms with Crippen molar-refractivity contribution in [3.05, 3.63) is 41.4 Å². The van der Waals surface area contributed by atoms with Crippen LogP contribution in [-0.2, 0) is 7.05 Å². The van der Waals surface area contributed by atoms with Crippen molar-refractivity contribution in [2.24, 2.45) is 7.05 Å². The highest BCUT2D eigenvalue weighted by atomic mass is 32.1. The number of likely N-dealkylation sites (tertiary alicyclic amines) is 1. The highest BCUT2D eigenvalue weighted by Gasteiger charge is 2.28. The van der Waals surface area contributed by atoms with Crippen LogP contribution in [0.4, 0.5) is 0 Å². The second-order valence-electron chi connectivity index (χ2n) is 6.29. The van der Waals surface area contributed by atoms with Gasteiger partial charge in [0, 0.05) is 24.9 Å². The molecule has 7 heteroatoms. The van der Waals surface area contributed by atoms with E-state index in [4.69, 9.17) is 4.42 Å². The average molecular weight is 343 g/mol. The summed E-state index contributed by atoms with van der Waals surface area (Å²) in [6, 6.07) is 6.29. The maximum absolute atomic E-state index is 5.89. The summed E-state index contributed by atoms with van der Waals surface area (Å²) in [4.78, 5) is 3.45. The van der Waals surface area contributed by atoms with Gasteiger partial charge in [-0.2, -0.15) is 5.10 Å². The molecule has 1 aliphatic rings. The van der Waals surface area contributed by atoms with E-state index in [-0.39, 0.29) is 6.04 Å². The fourth-order valence-corrected chi connectivity index (χ4v) is 4.07. The molecule has 0 aliphatic carbocycles. The summed E-state index contributed by atoms with van der Waals surface area (Å²) in [7, 11) is 2.02. The number of hydrogen-bond acceptors (Lipinski definition) is 6. The number of thiophene rings is 1. The Morgan fingerprint density at radius 1 is 1.25 bits per heavy atom. The molecule has 4 rings (SSSR count). The number of rotatable bonds is 4. The zero-order chi connectivity index (χ0) is 16.5. The molecule has 3 aromatic heterocycles. The molecule has 126 valence electrons. The van der Waals surface area contributed by atoms with E-state index < -0.39 is 0 Å². The van der Waals surface area contributed by atoms with Gasteiger partial charge >= 0.3 is 0 Å². The van der Waals surface area contributed by atoms with Crippen LogP contribution in [0, 0.1) is 0 Å². The van der Waals surface area contributed by atoms with E-state index in [1.807, 2.05) is 35.4 Å². The first-order valence-corrected chi connectivity index (χ1v) is 9.19. The largest absolute Gasteiger partial charge is 0.418 e. The van der Waals surface area contributed by atoms with Crippen LogP contribution in [0.25, 0.3) is 10.8 Å². The minimum absolute atomic E-state index is 0.152. The van der Waals surface area contributed by atoms with Crippen LogP contribution in [0.2, 0.25) is 0 Å². The predicted molar refractivity (Wildman–Crippen MR) is 92.8 cm³/mol. The van der Waals surface area contributed by atoms with Gasteiger partial charge in [-0.15, -0.1) is 21.5 Å². The molecule has 1 saturated heterocycles. The molecule has 3 aromatic rings. The lowest BCUT2D eigenvalue weighted by Crippen LogP contribution is -2.35. The van der Waals surface area contributed by atoms with Gasteiger partial charge in [0.2, 0.25) is 5.89 Å². The molecule has 0 spiro atoms. The second-order valence-corrected chi connectivity index (χ2v) is 7.24. The van der Waals surface area contributed by atoms with E-state index in [1.165, 1.54) is 5.69 Å². The third-order valence-electron chi connectivity index (χ3n) is 4.88. The lowest BCUT2D eigenvalue weighted by molar-refractivity contribution is 0.141. The molecule has 24 heavy (non-hydrogen) atoms. The smallest absolute Gasteiger partial charge is 0.257 e. The highest BCUT2D eigenvalue weighted by Crippen LogP contribution is 2.32. The molecular formula is C17H21N5OS. The normalized spacial score (nSPS) is 18.1. The Morgan fingerprint density at radius 2 is 2.08 bits per heavy atom. The number of aromatic nitrogens is 4. The van der Waals surface area contributed by atoms with Crippen molar-refractivity contribution in [2.75, 3.05) is 13.1 Å². The Morgan fingerprint density at radius 3 is 2.75 bits per heavy atom. The summed E-state index contributed by atoms with van der Waals surface area (Å²) in [6.07, 6.45) is 4.15. The topological polar surface area (TPSA) is 60.0 Å². The molecule has 0 unspecified atom stereocenters. The standard InChI is InChI=1S/C17H21N5OS/c1-12(16-19-20-17(23-16)15-4-3-11-24-15)22-9-6-13(7-10-22)14-5-8-18-21(14)2/h3-5,8,11-13H,6-7,9-10H2,1-2H3/t12-/m0/s1. The molecule has 4 heterocycles. The van der Waals surface area contributed by atoms with Crippen molar-refractivity contribution >= 4 is 11.3 Å². The van der Waals surface area contributed by atoms with Gasteiger partial charge in [-0.1, -0.05) is 6.07 Å². The fraction of sp³-hybridized carbons (Fsp3) is 0.471. The number of piperidine rings is 1. The zero-order valence-corrected chi connectivity index (χ0v) is 14.7. The van der Waals surface area contributed by atoms with Gasteiger partial charge in [0.25, 0.3) is 5.89 Å². The van der Waals surface area contributed by atoms with Crippen LogP contribution >= 0.6 is 11.3 Å². The molecule has 6 nitrogen and oxygen atoms in total. The van der Waals surface area contributed by atoms with Gasteiger partial charge in [0.15, 0.2) is 0 Å². The van der Waals surface area contributed by atoms with E-state index in [9.17, 15) is 0 Å². The van der Waals surface area contributed by atoms with E-state index in [0.717, 1.165) is 30.8 Å². The quantitative estimate of drug-likeness (QED) is 0.726. The van der Waals surface area contributed by atoms with Crippen LogP contribution < -0.4 is 0 Å². The van der Waals surface area contributed by atoms with Crippen molar-refractivity contribution in [1.82, 2.24) is 24.9 Å². The summed E-state index contributed by atoms with van der Waals surface area (Å²) in [6.45, 7) is 4.22. The molecule has 0 aromatic carbocycles. The lowest BCUT2D eigenvalue weighted by atomic mass is 9.92. The van der Waals surface area contributed by atoms with E-state index in [1.54, 1.807) is 11.3 Å². The maximum Gasteiger partial charge on any atom is 0.257 e. The maximum atomic E-state index is 5.89. The van der Waals surface area contributed by atoms with Gasteiger partial charge in [0.1, 0.15) is 0 Å². The number of hydrogen-bond donors (Lipinski definition) is 0. The molecule has 1 aliphatic heterocycles. The van der Waals surface area contributed by atoms with Gasteiger partial charge in [-0.05, 0) is 50.4 Å². The minimum atomic E-state index is 0.152. The van der Waals surface area contributed by atoms with Crippen molar-refractivity contribution in [3.8, 4) is 10.8 Å². The van der Waals surface area contributed by atoms with Crippen molar-refractivity contribution in [3.63, 3.8) is 0 Å². The molecule has 0 N–H and O–H groups in total. The predicted octanol–water partition coefficient (Wildman–Crippen LogP) is 3.47. The number of aryl methyl sites for hydroxylation is 1. The second kappa shape index (κ2) is 6.49. The zero-order valence-electron chi connectivity index (χ0n) is 13.9. The Hall–Kier alpha value is -1.99. The SMILES string of the molecule is C[C@@H](c1nnc(-c2cccs2)o1)N1CCC(c2ccnn2C)CC1. The van der Waals surface area contributed by atoms with E-state index >= 15 is 0 Å². The average Bonchev–Trinajstić information content (AvgIpc) is 3.35. The van der Waals surface area contributed by atoms with E-state index in [0.29, 0.717) is 17.7 Å². The van der Waals surface area contributed by atoms with Gasteiger partial charge in [-0.25, -0.2) is 0 Å². The summed E-state index contributed by atoms with van der Waals surface area (Å²) in [5.74, 6) is 1.92. The lowest BCUT2D eigenvalue weighted by Gasteiger charge is -2.34. The Balaban J connectivity index is 1.41. The first-order chi connectivity index (χ1) is 11.7. The van der Waals surface area contributed by atoms with Crippen molar-refractivity contribution in [1.29, 1.82) is 0 Å². The molecule has 0 saturated carbocycles. The Bertz CT molecular complexity index is 786.